The van der Waals surface area contributed by atoms with E-state index >= 15 is 0 Å². The molecule has 0 radical (unpaired) electrons. The molecule has 0 aliphatic carbocycles. The van der Waals surface area contributed by atoms with Crippen LogP contribution in [0.2, 0.25) is 23.2 Å². The summed E-state index contributed by atoms with van der Waals surface area (Å²) in [5.41, 5.74) is -0.223. The van der Waals surface area contributed by atoms with Crippen LogP contribution in [0.1, 0.15) is 65.2 Å². The molecule has 270 valence electrons. The summed E-state index contributed by atoms with van der Waals surface area (Å²) in [4.78, 5) is 9.10. The predicted octanol–water partition coefficient (Wildman–Crippen LogP) is 6.76. The van der Waals surface area contributed by atoms with Gasteiger partial charge in [-0.2, -0.15) is 4.98 Å². The molecule has 3 saturated heterocycles. The van der Waals surface area contributed by atoms with Gasteiger partial charge in [-0.05, 0) is 49.9 Å². The fraction of sp³-hybridized carbons (Fsp3) is 0.636. The monoisotopic (exact) mass is 743 g/mol. The summed E-state index contributed by atoms with van der Waals surface area (Å²) in [5, 5.41) is -0.767. The maximum Gasteiger partial charge on any atom is 0.301 e. The number of rotatable bonds is 11. The zero-order chi connectivity index (χ0) is 35.3. The van der Waals surface area contributed by atoms with Crippen molar-refractivity contribution in [3.63, 3.8) is 0 Å². The van der Waals surface area contributed by atoms with E-state index in [9.17, 15) is 17.2 Å². The zero-order valence-electron chi connectivity index (χ0n) is 28.6. The molecule has 3 aliphatic heterocycles. The number of pyridine rings is 1. The first-order valence-electron chi connectivity index (χ1n) is 16.7. The molecule has 3 aliphatic rings. The fourth-order valence-corrected chi connectivity index (χ4v) is 9.23. The van der Waals surface area contributed by atoms with Gasteiger partial charge in [0.15, 0.2) is 25.1 Å². The maximum atomic E-state index is 15.0. The lowest BCUT2D eigenvalue weighted by Gasteiger charge is -2.39. The minimum Gasteiger partial charge on any atom is -0.493 e. The average Bonchev–Trinajstić information content (AvgIpc) is 3.71. The Balaban J connectivity index is 1.30. The van der Waals surface area contributed by atoms with E-state index in [0.717, 1.165) is 25.0 Å². The number of hydrogen-bond donors (Lipinski definition) is 0. The standard InChI is InChI=1S/C33H44ClF2N3O8SSi/c1-7-11-42-19-13-22(35)20(23(36)14-19)18-48(40,41)31-21(34)15-24-30(38-31)39(27-10-8-9-12-43-27)32(37-24)46-25-16-44-29-26(17-45-28(25)29)47-49(5,6)33(2,3)4/h13-15,25-29H,7-12,16-18H2,1-6H3/t25-,26-,27?,28-,29-/m1/s1. The molecule has 49 heavy (non-hydrogen) atoms. The summed E-state index contributed by atoms with van der Waals surface area (Å²) in [6, 6.07) is 3.44. The van der Waals surface area contributed by atoms with E-state index in [-0.39, 0.29) is 58.4 Å². The molecule has 6 rings (SSSR count). The van der Waals surface area contributed by atoms with E-state index < -0.39 is 64.6 Å². The number of fused-ring (bicyclic) bond motifs is 2. The third kappa shape index (κ3) is 7.35. The molecule has 0 saturated carbocycles. The highest BCUT2D eigenvalue weighted by Crippen LogP contribution is 2.41. The van der Waals surface area contributed by atoms with Gasteiger partial charge in [0, 0.05) is 24.3 Å². The topological polar surface area (TPSA) is 120 Å². The number of imidazole rings is 1. The lowest BCUT2D eigenvalue weighted by Crippen LogP contribution is -2.47. The fourth-order valence-electron chi connectivity index (χ4n) is 6.05. The Morgan fingerprint density at radius 3 is 2.33 bits per heavy atom. The van der Waals surface area contributed by atoms with Crippen molar-refractivity contribution in [2.24, 2.45) is 0 Å². The van der Waals surface area contributed by atoms with Crippen LogP contribution in [0.15, 0.2) is 23.2 Å². The number of hydrogen-bond acceptors (Lipinski definition) is 10. The Morgan fingerprint density at radius 2 is 1.69 bits per heavy atom. The van der Waals surface area contributed by atoms with Crippen LogP contribution < -0.4 is 9.47 Å². The van der Waals surface area contributed by atoms with Crippen LogP contribution >= 0.6 is 11.6 Å². The molecular weight excluding hydrogens is 700 g/mol. The van der Waals surface area contributed by atoms with Gasteiger partial charge < -0.3 is 28.1 Å². The number of sulfone groups is 1. The Hall–Kier alpha value is -2.40. The minimum absolute atomic E-state index is 0.0151. The van der Waals surface area contributed by atoms with Gasteiger partial charge in [0.2, 0.25) is 9.84 Å². The van der Waals surface area contributed by atoms with Gasteiger partial charge in [0.1, 0.15) is 41.3 Å². The first-order chi connectivity index (χ1) is 23.1. The quantitative estimate of drug-likeness (QED) is 0.195. The highest BCUT2D eigenvalue weighted by Gasteiger charge is 2.52. The Morgan fingerprint density at radius 1 is 1.02 bits per heavy atom. The van der Waals surface area contributed by atoms with Crippen LogP contribution in [0.5, 0.6) is 11.8 Å². The van der Waals surface area contributed by atoms with Crippen molar-refractivity contribution in [1.29, 1.82) is 0 Å². The largest absolute Gasteiger partial charge is 0.493 e. The van der Waals surface area contributed by atoms with Gasteiger partial charge in [0.05, 0.1) is 36.7 Å². The summed E-state index contributed by atoms with van der Waals surface area (Å²) >= 11 is 6.49. The van der Waals surface area contributed by atoms with Gasteiger partial charge in [-0.25, -0.2) is 22.2 Å². The van der Waals surface area contributed by atoms with Crippen molar-refractivity contribution in [2.45, 2.75) is 113 Å². The molecule has 0 N–H and O–H groups in total. The van der Waals surface area contributed by atoms with Gasteiger partial charge in [-0.3, -0.25) is 4.57 Å². The molecule has 2 aromatic heterocycles. The van der Waals surface area contributed by atoms with Crippen LogP contribution in [0, 0.1) is 11.6 Å². The normalized spacial score (nSPS) is 24.8. The third-order valence-electron chi connectivity index (χ3n) is 9.69. The summed E-state index contributed by atoms with van der Waals surface area (Å²) in [7, 11) is -6.55. The highest BCUT2D eigenvalue weighted by molar-refractivity contribution is 7.90. The summed E-state index contributed by atoms with van der Waals surface area (Å²) in [5.74, 6) is -3.13. The van der Waals surface area contributed by atoms with Crippen LogP contribution in [0.25, 0.3) is 11.2 Å². The third-order valence-corrected chi connectivity index (χ3v) is 16.2. The molecule has 1 unspecified atom stereocenters. The van der Waals surface area contributed by atoms with E-state index in [2.05, 4.69) is 43.8 Å². The average molecular weight is 744 g/mol. The van der Waals surface area contributed by atoms with Gasteiger partial charge in [0.25, 0.3) is 0 Å². The van der Waals surface area contributed by atoms with E-state index in [1.165, 1.54) is 6.07 Å². The number of nitrogens with zero attached hydrogens (tertiary/aromatic N) is 3. The van der Waals surface area contributed by atoms with Gasteiger partial charge >= 0.3 is 6.01 Å². The van der Waals surface area contributed by atoms with E-state index in [1.807, 2.05) is 6.92 Å². The second-order valence-electron chi connectivity index (χ2n) is 14.3. The smallest absolute Gasteiger partial charge is 0.301 e. The molecule has 11 nitrogen and oxygen atoms in total. The molecule has 5 heterocycles. The molecular formula is C33H44ClF2N3O8SSi. The summed E-state index contributed by atoms with van der Waals surface area (Å²) in [6.07, 6.45) is 0.898. The molecule has 16 heteroatoms. The van der Waals surface area contributed by atoms with Crippen molar-refractivity contribution >= 4 is 40.9 Å². The first-order valence-corrected chi connectivity index (χ1v) is 21.6. The van der Waals surface area contributed by atoms with Gasteiger partial charge in [-0.1, -0.05) is 39.3 Å². The number of benzene rings is 1. The van der Waals surface area contributed by atoms with E-state index in [4.69, 9.17) is 39.7 Å². The van der Waals surface area contributed by atoms with Crippen molar-refractivity contribution in [2.75, 3.05) is 26.4 Å². The SMILES string of the molecule is CCCOc1cc(F)c(CS(=O)(=O)c2nc3c(cc2Cl)nc(O[C@@H]2CO[C@H]4[C@@H]2OC[C@H]4O[Si](C)(C)C(C)(C)C)n3C2CCCCO2)c(F)c1. The summed E-state index contributed by atoms with van der Waals surface area (Å²) < 4.78 is 95.8. The van der Waals surface area contributed by atoms with Crippen LogP contribution in [-0.4, -0.2) is 82.1 Å². The molecule has 0 amide bonds. The van der Waals surface area contributed by atoms with Crippen molar-refractivity contribution < 1.29 is 45.3 Å². The van der Waals surface area contributed by atoms with E-state index in [1.54, 1.807) is 4.57 Å². The second-order valence-corrected chi connectivity index (χ2v) is 21.4. The second kappa shape index (κ2) is 14.0. The number of aromatic nitrogens is 3. The Labute approximate surface area is 291 Å². The van der Waals surface area contributed by atoms with Crippen molar-refractivity contribution in [3.8, 4) is 11.8 Å². The van der Waals surface area contributed by atoms with Crippen molar-refractivity contribution in [3.05, 3.63) is 40.4 Å². The Kier molecular flexibility index (Phi) is 10.4. The molecule has 0 spiro atoms. The number of ether oxygens (including phenoxy) is 5. The molecule has 1 aromatic carbocycles. The van der Waals surface area contributed by atoms with Gasteiger partial charge in [-0.15, -0.1) is 0 Å². The number of halogens is 3. The van der Waals surface area contributed by atoms with Crippen LogP contribution in [0.3, 0.4) is 0 Å². The maximum absolute atomic E-state index is 15.0. The first kappa shape index (κ1) is 36.4. The zero-order valence-corrected chi connectivity index (χ0v) is 31.2. The molecule has 5 atom stereocenters. The molecule has 3 aromatic rings. The highest BCUT2D eigenvalue weighted by atomic mass is 35.5. The molecule has 3 fully saturated rings. The van der Waals surface area contributed by atoms with Crippen LogP contribution in [-0.2, 0) is 34.2 Å². The van der Waals surface area contributed by atoms with Crippen LogP contribution in [0.4, 0.5) is 8.78 Å². The predicted molar refractivity (Wildman–Crippen MR) is 180 cm³/mol. The summed E-state index contributed by atoms with van der Waals surface area (Å²) in [6.45, 7) is 14.1. The lowest BCUT2D eigenvalue weighted by atomic mass is 10.1. The molecule has 0 bridgehead atoms. The minimum atomic E-state index is -4.45. The Bertz CT molecular complexity index is 1780. The lowest BCUT2D eigenvalue weighted by molar-refractivity contribution is -0.0407. The van der Waals surface area contributed by atoms with Crippen molar-refractivity contribution in [1.82, 2.24) is 14.5 Å². The van der Waals surface area contributed by atoms with E-state index in [0.29, 0.717) is 26.1 Å².